The van der Waals surface area contributed by atoms with Gasteiger partial charge in [-0.1, -0.05) is 5.16 Å². The van der Waals surface area contributed by atoms with Gasteiger partial charge >= 0.3 is 0 Å². The number of carbonyl (C=O) groups is 1. The largest absolute Gasteiger partial charge is 0.409 e. The number of hydrogen-bond donors (Lipinski definition) is 2. The van der Waals surface area contributed by atoms with Crippen LogP contribution in [0.5, 0.6) is 0 Å². The average molecular weight is 257 g/mol. The lowest BCUT2D eigenvalue weighted by Crippen LogP contribution is -2.46. The fraction of sp³-hybridized carbons (Fsp3) is 0.833. The molecule has 1 unspecified atom stereocenters. The number of ether oxygens (including phenoxy) is 1. The maximum Gasteiger partial charge on any atom is 0.225 e. The van der Waals surface area contributed by atoms with Crippen molar-refractivity contribution in [2.75, 3.05) is 20.2 Å². The molecule has 104 valence electrons. The number of nitrogens with two attached hydrogens (primary N) is 1. The Labute approximate surface area is 108 Å². The molecule has 0 saturated carbocycles. The molecular weight excluding hydrogens is 234 g/mol. The van der Waals surface area contributed by atoms with E-state index in [2.05, 4.69) is 5.16 Å². The van der Waals surface area contributed by atoms with Crippen molar-refractivity contribution < 1.29 is 14.7 Å². The fourth-order valence-corrected chi connectivity index (χ4v) is 2.07. The summed E-state index contributed by atoms with van der Waals surface area (Å²) in [4.78, 5) is 13.9. The smallest absolute Gasteiger partial charge is 0.225 e. The minimum atomic E-state index is -0.458. The second kappa shape index (κ2) is 6.04. The highest BCUT2D eigenvalue weighted by atomic mass is 16.5. The van der Waals surface area contributed by atoms with Crippen LogP contribution < -0.4 is 5.73 Å². The molecule has 1 saturated heterocycles. The van der Waals surface area contributed by atoms with Gasteiger partial charge in [0.2, 0.25) is 5.91 Å². The van der Waals surface area contributed by atoms with Gasteiger partial charge < -0.3 is 20.6 Å². The molecule has 1 atom stereocenters. The zero-order chi connectivity index (χ0) is 13.8. The van der Waals surface area contributed by atoms with Gasteiger partial charge in [0, 0.05) is 26.1 Å². The van der Waals surface area contributed by atoms with E-state index in [0.29, 0.717) is 13.0 Å². The number of likely N-dealkylation sites (tertiary alicyclic amines) is 1. The predicted octanol–water partition coefficient (Wildman–Crippen LogP) is 0.786. The van der Waals surface area contributed by atoms with E-state index in [-0.39, 0.29) is 17.7 Å². The summed E-state index contributed by atoms with van der Waals surface area (Å²) in [5.41, 5.74) is 5.14. The van der Waals surface area contributed by atoms with Crippen LogP contribution in [-0.2, 0) is 9.53 Å². The lowest BCUT2D eigenvalue weighted by molar-refractivity contribution is -0.137. The summed E-state index contributed by atoms with van der Waals surface area (Å²) in [6.07, 6.45) is 2.07. The van der Waals surface area contributed by atoms with Crippen LogP contribution in [0, 0.1) is 5.92 Å². The van der Waals surface area contributed by atoms with Gasteiger partial charge in [0.05, 0.1) is 12.0 Å². The Morgan fingerprint density at radius 1 is 1.61 bits per heavy atom. The normalized spacial score (nSPS) is 22.1. The minimum Gasteiger partial charge on any atom is -0.409 e. The lowest BCUT2D eigenvalue weighted by Gasteiger charge is -2.34. The summed E-state index contributed by atoms with van der Waals surface area (Å²) in [6, 6.07) is 0. The molecule has 0 aromatic heterocycles. The van der Waals surface area contributed by atoms with E-state index in [4.69, 9.17) is 15.7 Å². The molecule has 1 aliphatic heterocycles. The van der Waals surface area contributed by atoms with Crippen molar-refractivity contribution in [3.8, 4) is 0 Å². The first-order valence-electron chi connectivity index (χ1n) is 6.20. The molecule has 3 N–H and O–H groups in total. The van der Waals surface area contributed by atoms with Gasteiger partial charge in [-0.2, -0.15) is 0 Å². The van der Waals surface area contributed by atoms with Crippen molar-refractivity contribution in [2.45, 2.75) is 38.7 Å². The highest BCUT2D eigenvalue weighted by Gasteiger charge is 2.29. The average Bonchev–Trinajstić information content (AvgIpc) is 2.37. The summed E-state index contributed by atoms with van der Waals surface area (Å²) in [5.74, 6) is 0.217. The second-order valence-corrected chi connectivity index (χ2v) is 5.34. The van der Waals surface area contributed by atoms with Crippen LogP contribution in [0.15, 0.2) is 5.16 Å². The lowest BCUT2D eigenvalue weighted by atomic mass is 9.95. The molecule has 0 aromatic rings. The maximum atomic E-state index is 12.1. The molecule has 6 nitrogen and oxygen atoms in total. The summed E-state index contributed by atoms with van der Waals surface area (Å²) in [7, 11) is 1.60. The van der Waals surface area contributed by atoms with Crippen molar-refractivity contribution in [1.29, 1.82) is 0 Å². The molecule has 0 radical (unpaired) electrons. The number of oxime groups is 1. The Bertz CT molecular complexity index is 329. The molecule has 1 fully saturated rings. The van der Waals surface area contributed by atoms with Crippen LogP contribution in [-0.4, -0.2) is 47.7 Å². The molecule has 6 heteroatoms. The Morgan fingerprint density at radius 2 is 2.28 bits per heavy atom. The predicted molar refractivity (Wildman–Crippen MR) is 68.4 cm³/mol. The third-order valence-electron chi connectivity index (χ3n) is 3.44. The highest BCUT2D eigenvalue weighted by Crippen LogP contribution is 2.20. The van der Waals surface area contributed by atoms with E-state index in [0.717, 1.165) is 19.4 Å². The monoisotopic (exact) mass is 257 g/mol. The van der Waals surface area contributed by atoms with Gasteiger partial charge in [-0.05, 0) is 26.7 Å². The second-order valence-electron chi connectivity index (χ2n) is 5.34. The first-order valence-corrected chi connectivity index (χ1v) is 6.20. The van der Waals surface area contributed by atoms with E-state index < -0.39 is 5.60 Å². The Hall–Kier alpha value is -1.30. The molecule has 1 aliphatic rings. The van der Waals surface area contributed by atoms with E-state index in [1.165, 1.54) is 0 Å². The first-order chi connectivity index (χ1) is 8.39. The third-order valence-corrected chi connectivity index (χ3v) is 3.44. The number of methoxy groups -OCH3 is 1. The number of amides is 1. The number of hydrogen-bond acceptors (Lipinski definition) is 4. The minimum absolute atomic E-state index is 0.0432. The third kappa shape index (κ3) is 3.87. The van der Waals surface area contributed by atoms with E-state index >= 15 is 0 Å². The van der Waals surface area contributed by atoms with Gasteiger partial charge in [-0.3, -0.25) is 4.79 Å². The van der Waals surface area contributed by atoms with Crippen molar-refractivity contribution >= 4 is 11.7 Å². The van der Waals surface area contributed by atoms with Crippen LogP contribution in [0.2, 0.25) is 0 Å². The van der Waals surface area contributed by atoms with Crippen LogP contribution in [0.3, 0.4) is 0 Å². The van der Waals surface area contributed by atoms with Crippen LogP contribution >= 0.6 is 0 Å². The Kier molecular flexibility index (Phi) is 4.95. The zero-order valence-corrected chi connectivity index (χ0v) is 11.3. The Morgan fingerprint density at radius 3 is 2.83 bits per heavy atom. The molecule has 1 amide bonds. The summed E-state index contributed by atoms with van der Waals surface area (Å²) in [6.45, 7) is 5.02. The van der Waals surface area contributed by atoms with Crippen LogP contribution in [0.25, 0.3) is 0 Å². The quantitative estimate of drug-likeness (QED) is 0.337. The van der Waals surface area contributed by atoms with Crippen LogP contribution in [0.1, 0.15) is 33.1 Å². The molecule has 0 bridgehead atoms. The van der Waals surface area contributed by atoms with Gasteiger partial charge in [0.25, 0.3) is 0 Å². The zero-order valence-electron chi connectivity index (χ0n) is 11.3. The molecular formula is C12H23N3O3. The molecule has 0 spiro atoms. The Balaban J connectivity index is 2.59. The standard InChI is InChI=1S/C12H23N3O3/c1-12(2,18-3)7-10(16)15-6-4-5-9(8-15)11(13)14-17/h9,17H,4-8H2,1-3H3,(H2,13,14). The molecule has 1 rings (SSSR count). The van der Waals surface area contributed by atoms with Crippen molar-refractivity contribution in [1.82, 2.24) is 4.90 Å². The van der Waals surface area contributed by atoms with Gasteiger partial charge in [-0.15, -0.1) is 0 Å². The summed E-state index contributed by atoms with van der Waals surface area (Å²) >= 11 is 0. The van der Waals surface area contributed by atoms with E-state index in [9.17, 15) is 4.79 Å². The van der Waals surface area contributed by atoms with Gasteiger partial charge in [0.1, 0.15) is 5.84 Å². The molecule has 0 aromatic carbocycles. The number of rotatable bonds is 4. The van der Waals surface area contributed by atoms with Gasteiger partial charge in [-0.25, -0.2) is 0 Å². The fourth-order valence-electron chi connectivity index (χ4n) is 2.07. The van der Waals surface area contributed by atoms with Gasteiger partial charge in [0.15, 0.2) is 0 Å². The van der Waals surface area contributed by atoms with Crippen molar-refractivity contribution in [3.05, 3.63) is 0 Å². The SMILES string of the molecule is COC(C)(C)CC(=O)N1CCCC(C(N)=NO)C1. The van der Waals surface area contributed by atoms with E-state index in [1.54, 1.807) is 12.0 Å². The maximum absolute atomic E-state index is 12.1. The first kappa shape index (κ1) is 14.8. The topological polar surface area (TPSA) is 88.2 Å². The number of carbonyl (C=O) groups excluding carboxylic acids is 1. The van der Waals surface area contributed by atoms with E-state index in [1.807, 2.05) is 13.8 Å². The molecule has 0 aliphatic carbocycles. The van der Waals surface area contributed by atoms with Crippen molar-refractivity contribution in [2.24, 2.45) is 16.8 Å². The molecule has 1 heterocycles. The number of piperidine rings is 1. The van der Waals surface area contributed by atoms with Crippen molar-refractivity contribution in [3.63, 3.8) is 0 Å². The number of amidine groups is 1. The summed E-state index contributed by atoms with van der Waals surface area (Å²) < 4.78 is 5.26. The number of nitrogens with zero attached hydrogens (tertiary/aromatic N) is 2. The highest BCUT2D eigenvalue weighted by molar-refractivity contribution is 5.84. The van der Waals surface area contributed by atoms with Crippen LogP contribution in [0.4, 0.5) is 0 Å². The molecule has 18 heavy (non-hydrogen) atoms. The summed E-state index contributed by atoms with van der Waals surface area (Å²) in [5, 5.41) is 11.7.